The molecule has 1 saturated heterocycles. The van der Waals surface area contributed by atoms with Crippen LogP contribution in [-0.4, -0.2) is 48.9 Å². The molecule has 1 aliphatic rings. The molecule has 0 radical (unpaired) electrons. The number of rotatable bonds is 4. The highest BCUT2D eigenvalue weighted by molar-refractivity contribution is 5.81. The van der Waals surface area contributed by atoms with Gasteiger partial charge in [-0.1, -0.05) is 6.07 Å². The van der Waals surface area contributed by atoms with Gasteiger partial charge in [0.25, 0.3) is 5.56 Å². The standard InChI is InChI=1S/C26H34N4O4/c1-17-11-20(15-28(5)24(17)32)23-27-21-12-18(16-31)8-9-22(21)30(23)14-19-7-6-10-29(13-19)25(33)34-26(2,3)4/h8-9,11-12,15,19,31H,6-7,10,13-14,16H2,1-5H3/t19-/m0/s1. The average Bonchev–Trinajstić information content (AvgIpc) is 3.13. The number of carbonyl (C=O) groups excluding carboxylic acids is 1. The van der Waals surface area contributed by atoms with E-state index in [0.717, 1.165) is 40.8 Å². The maximum Gasteiger partial charge on any atom is 0.410 e. The Kier molecular flexibility index (Phi) is 6.53. The van der Waals surface area contributed by atoms with Crippen LogP contribution in [0.1, 0.15) is 44.7 Å². The molecule has 0 bridgehead atoms. The third-order valence-corrected chi connectivity index (χ3v) is 6.23. The van der Waals surface area contributed by atoms with Gasteiger partial charge in [0, 0.05) is 44.0 Å². The van der Waals surface area contributed by atoms with E-state index in [-0.39, 0.29) is 24.2 Å². The van der Waals surface area contributed by atoms with Crippen LogP contribution in [0.2, 0.25) is 0 Å². The number of fused-ring (bicyclic) bond motifs is 1. The van der Waals surface area contributed by atoms with Crippen LogP contribution in [0.4, 0.5) is 4.79 Å². The van der Waals surface area contributed by atoms with Gasteiger partial charge in [0.2, 0.25) is 0 Å². The summed E-state index contributed by atoms with van der Waals surface area (Å²) in [6, 6.07) is 7.67. The van der Waals surface area contributed by atoms with Crippen LogP contribution in [0.5, 0.6) is 0 Å². The number of piperidine rings is 1. The van der Waals surface area contributed by atoms with Gasteiger partial charge in [0.15, 0.2) is 0 Å². The van der Waals surface area contributed by atoms with Crippen molar-refractivity contribution in [3.63, 3.8) is 0 Å². The van der Waals surface area contributed by atoms with E-state index in [0.29, 0.717) is 25.2 Å². The first kappa shape index (κ1) is 24.0. The Morgan fingerprint density at radius 3 is 2.71 bits per heavy atom. The molecule has 1 N–H and O–H groups in total. The number of hydrogen-bond acceptors (Lipinski definition) is 5. The van der Waals surface area contributed by atoms with Crippen LogP contribution in [0.25, 0.3) is 22.4 Å². The molecular weight excluding hydrogens is 432 g/mol. The molecule has 1 aromatic carbocycles. The molecule has 8 heteroatoms. The molecule has 4 rings (SSSR count). The highest BCUT2D eigenvalue weighted by Crippen LogP contribution is 2.29. The molecule has 1 atom stereocenters. The molecule has 0 saturated carbocycles. The van der Waals surface area contributed by atoms with Crippen molar-refractivity contribution in [3.05, 3.63) is 51.9 Å². The summed E-state index contributed by atoms with van der Waals surface area (Å²) in [6.45, 7) is 9.40. The predicted molar refractivity (Wildman–Crippen MR) is 132 cm³/mol. The topological polar surface area (TPSA) is 89.6 Å². The summed E-state index contributed by atoms with van der Waals surface area (Å²) in [4.78, 5) is 31.6. The van der Waals surface area contributed by atoms with E-state index >= 15 is 0 Å². The Hall–Kier alpha value is -3.13. The number of carbonyl (C=O) groups is 1. The van der Waals surface area contributed by atoms with Gasteiger partial charge >= 0.3 is 6.09 Å². The van der Waals surface area contributed by atoms with E-state index in [1.54, 1.807) is 16.5 Å². The zero-order valence-electron chi connectivity index (χ0n) is 20.7. The number of nitrogens with zero attached hydrogens (tertiary/aromatic N) is 4. The third kappa shape index (κ3) is 5.01. The Morgan fingerprint density at radius 1 is 1.26 bits per heavy atom. The second-order valence-corrected chi connectivity index (χ2v) is 10.3. The molecule has 3 heterocycles. The monoisotopic (exact) mass is 466 g/mol. The van der Waals surface area contributed by atoms with E-state index in [9.17, 15) is 14.7 Å². The molecule has 0 spiro atoms. The molecule has 2 aromatic heterocycles. The average molecular weight is 467 g/mol. The fourth-order valence-electron chi connectivity index (χ4n) is 4.64. The number of pyridine rings is 1. The van der Waals surface area contributed by atoms with Crippen LogP contribution >= 0.6 is 0 Å². The van der Waals surface area contributed by atoms with Crippen LogP contribution in [0, 0.1) is 12.8 Å². The number of aryl methyl sites for hydroxylation is 2. The molecule has 8 nitrogen and oxygen atoms in total. The van der Waals surface area contributed by atoms with Gasteiger partial charge in [-0.2, -0.15) is 0 Å². The number of aliphatic hydroxyl groups excluding tert-OH is 1. The van der Waals surface area contributed by atoms with Crippen molar-refractivity contribution in [3.8, 4) is 11.4 Å². The summed E-state index contributed by atoms with van der Waals surface area (Å²) < 4.78 is 9.36. The number of ether oxygens (including phenoxy) is 1. The van der Waals surface area contributed by atoms with Crippen molar-refractivity contribution in [2.24, 2.45) is 13.0 Å². The van der Waals surface area contributed by atoms with Gasteiger partial charge in [0.05, 0.1) is 17.6 Å². The van der Waals surface area contributed by atoms with Crippen molar-refractivity contribution in [1.82, 2.24) is 19.0 Å². The first-order valence-electron chi connectivity index (χ1n) is 11.8. The number of imidazole rings is 1. The quantitative estimate of drug-likeness (QED) is 0.631. The first-order valence-corrected chi connectivity index (χ1v) is 11.8. The van der Waals surface area contributed by atoms with Gasteiger partial charge in [-0.05, 0) is 70.2 Å². The Morgan fingerprint density at radius 2 is 2.03 bits per heavy atom. The summed E-state index contributed by atoms with van der Waals surface area (Å²) in [5, 5.41) is 9.59. The number of aliphatic hydroxyl groups is 1. The van der Waals surface area contributed by atoms with Crippen molar-refractivity contribution in [2.45, 2.75) is 59.3 Å². The van der Waals surface area contributed by atoms with Crippen molar-refractivity contribution >= 4 is 17.1 Å². The maximum atomic E-state index is 12.7. The smallest absolute Gasteiger partial charge is 0.410 e. The molecule has 0 unspecified atom stereocenters. The zero-order valence-corrected chi connectivity index (χ0v) is 20.7. The Bertz CT molecular complexity index is 1240. The van der Waals surface area contributed by atoms with Crippen LogP contribution in [-0.2, 0) is 24.9 Å². The molecule has 182 valence electrons. The number of likely N-dealkylation sites (tertiary alicyclic amines) is 1. The fraction of sp³-hybridized carbons (Fsp3) is 0.500. The Balaban J connectivity index is 1.70. The van der Waals surface area contributed by atoms with E-state index in [1.165, 1.54) is 0 Å². The van der Waals surface area contributed by atoms with Gasteiger partial charge in [-0.15, -0.1) is 0 Å². The lowest BCUT2D eigenvalue weighted by atomic mass is 9.98. The van der Waals surface area contributed by atoms with E-state index < -0.39 is 5.60 Å². The fourth-order valence-corrected chi connectivity index (χ4v) is 4.64. The van der Waals surface area contributed by atoms with Gasteiger partial charge in [-0.3, -0.25) is 4.79 Å². The molecule has 1 aliphatic heterocycles. The highest BCUT2D eigenvalue weighted by Gasteiger charge is 2.29. The summed E-state index contributed by atoms with van der Waals surface area (Å²) in [5.41, 5.74) is 3.53. The number of benzene rings is 1. The normalized spacial score (nSPS) is 16.8. The lowest BCUT2D eigenvalue weighted by Gasteiger charge is -2.34. The molecular formula is C26H34N4O4. The van der Waals surface area contributed by atoms with E-state index in [2.05, 4.69) is 4.57 Å². The lowest BCUT2D eigenvalue weighted by Crippen LogP contribution is -2.43. The SMILES string of the molecule is Cc1cc(-c2nc3cc(CO)ccc3n2C[C@H]2CCCN(C(=O)OC(C)(C)C)C2)cn(C)c1=O. The predicted octanol–water partition coefficient (Wildman–Crippen LogP) is 3.85. The first-order chi connectivity index (χ1) is 16.1. The summed E-state index contributed by atoms with van der Waals surface area (Å²) in [6.07, 6.45) is 3.46. The minimum Gasteiger partial charge on any atom is -0.444 e. The van der Waals surface area contributed by atoms with Crippen LogP contribution < -0.4 is 5.56 Å². The van der Waals surface area contributed by atoms with Crippen LogP contribution in [0.3, 0.4) is 0 Å². The van der Waals surface area contributed by atoms with Gasteiger partial charge in [-0.25, -0.2) is 9.78 Å². The zero-order chi connectivity index (χ0) is 24.6. The number of aromatic nitrogens is 3. The van der Waals surface area contributed by atoms with Crippen molar-refractivity contribution in [1.29, 1.82) is 0 Å². The maximum absolute atomic E-state index is 12.7. The minimum absolute atomic E-state index is 0.0331. The van der Waals surface area contributed by atoms with E-state index in [4.69, 9.17) is 9.72 Å². The lowest BCUT2D eigenvalue weighted by molar-refractivity contribution is 0.0158. The molecule has 34 heavy (non-hydrogen) atoms. The van der Waals surface area contributed by atoms with Gasteiger partial charge < -0.3 is 23.9 Å². The largest absolute Gasteiger partial charge is 0.444 e. The second kappa shape index (κ2) is 9.25. The summed E-state index contributed by atoms with van der Waals surface area (Å²) in [7, 11) is 1.75. The van der Waals surface area contributed by atoms with E-state index in [1.807, 2.05) is 58.2 Å². The highest BCUT2D eigenvalue weighted by atomic mass is 16.6. The number of hydrogen-bond donors (Lipinski definition) is 1. The van der Waals surface area contributed by atoms with Crippen molar-refractivity contribution in [2.75, 3.05) is 13.1 Å². The van der Waals surface area contributed by atoms with Crippen LogP contribution in [0.15, 0.2) is 35.3 Å². The second-order valence-electron chi connectivity index (χ2n) is 10.3. The molecule has 0 aliphatic carbocycles. The third-order valence-electron chi connectivity index (χ3n) is 6.23. The summed E-state index contributed by atoms with van der Waals surface area (Å²) >= 11 is 0. The minimum atomic E-state index is -0.525. The number of amides is 1. The van der Waals surface area contributed by atoms with Gasteiger partial charge in [0.1, 0.15) is 11.4 Å². The Labute approximate surface area is 199 Å². The summed E-state index contributed by atoms with van der Waals surface area (Å²) in [5.74, 6) is 1.02. The molecule has 1 fully saturated rings. The molecule has 1 amide bonds. The molecule has 3 aromatic rings. The van der Waals surface area contributed by atoms with Crippen molar-refractivity contribution < 1.29 is 14.6 Å².